The summed E-state index contributed by atoms with van der Waals surface area (Å²) in [5.74, 6) is 0.118. The first kappa shape index (κ1) is 20.5. The van der Waals surface area contributed by atoms with Gasteiger partial charge in [0, 0.05) is 10.3 Å². The molecule has 146 valence electrons. The lowest BCUT2D eigenvalue weighted by molar-refractivity contribution is -0.119. The molecule has 28 heavy (non-hydrogen) atoms. The van der Waals surface area contributed by atoms with Gasteiger partial charge in [-0.05, 0) is 55.3 Å². The molecule has 1 aliphatic rings. The summed E-state index contributed by atoms with van der Waals surface area (Å²) in [6.45, 7) is 8.33. The van der Waals surface area contributed by atoms with Crippen molar-refractivity contribution < 1.29 is 14.3 Å². The molecule has 0 spiro atoms. The maximum atomic E-state index is 13.3. The Kier molecular flexibility index (Phi) is 6.16. The number of anilines is 1. The van der Waals surface area contributed by atoms with Gasteiger partial charge in [-0.1, -0.05) is 37.6 Å². The van der Waals surface area contributed by atoms with Gasteiger partial charge in [-0.3, -0.25) is 9.59 Å². The third kappa shape index (κ3) is 3.96. The van der Waals surface area contributed by atoms with E-state index in [9.17, 15) is 9.59 Å². The van der Waals surface area contributed by atoms with E-state index in [4.69, 9.17) is 16.3 Å². The van der Waals surface area contributed by atoms with Gasteiger partial charge in [0.25, 0.3) is 11.8 Å². The van der Waals surface area contributed by atoms with Crippen LogP contribution in [0.2, 0.25) is 5.02 Å². The molecule has 0 fully saturated rings. The summed E-state index contributed by atoms with van der Waals surface area (Å²) in [7, 11) is 0. The number of nitrogens with zero attached hydrogens (tertiary/aromatic N) is 1. The summed E-state index contributed by atoms with van der Waals surface area (Å²) >= 11 is 7.45. The SMILES string of the molecule is CCOc1ccc(C2=C(SC(C)C)C(=O)N(c3ccc(Cl)cc3C)C2=O)cc1. The smallest absolute Gasteiger partial charge is 0.272 e. The van der Waals surface area contributed by atoms with E-state index in [0.29, 0.717) is 33.4 Å². The highest BCUT2D eigenvalue weighted by atomic mass is 35.5. The van der Waals surface area contributed by atoms with E-state index in [2.05, 4.69) is 0 Å². The molecular weight excluding hydrogens is 394 g/mol. The molecule has 0 saturated heterocycles. The molecule has 0 unspecified atom stereocenters. The van der Waals surface area contributed by atoms with Crippen LogP contribution in [0.5, 0.6) is 5.75 Å². The van der Waals surface area contributed by atoms with E-state index in [1.165, 1.54) is 16.7 Å². The van der Waals surface area contributed by atoms with Gasteiger partial charge in [0.15, 0.2) is 0 Å². The number of aryl methyl sites for hydroxylation is 1. The topological polar surface area (TPSA) is 46.6 Å². The van der Waals surface area contributed by atoms with Gasteiger partial charge in [0.2, 0.25) is 0 Å². The lowest BCUT2D eigenvalue weighted by atomic mass is 10.1. The molecule has 3 rings (SSSR count). The summed E-state index contributed by atoms with van der Waals surface area (Å²) in [6, 6.07) is 12.4. The van der Waals surface area contributed by atoms with Gasteiger partial charge in [0.05, 0.1) is 22.8 Å². The molecule has 4 nitrogen and oxygen atoms in total. The zero-order valence-electron chi connectivity index (χ0n) is 16.3. The van der Waals surface area contributed by atoms with Crippen LogP contribution in [0.4, 0.5) is 5.69 Å². The summed E-state index contributed by atoms with van der Waals surface area (Å²) in [5, 5.41) is 0.729. The Bertz CT molecular complexity index is 951. The van der Waals surface area contributed by atoms with Crippen molar-refractivity contribution in [2.24, 2.45) is 0 Å². The van der Waals surface area contributed by atoms with Crippen molar-refractivity contribution >= 4 is 46.4 Å². The zero-order chi connectivity index (χ0) is 20.4. The summed E-state index contributed by atoms with van der Waals surface area (Å²) in [6.07, 6.45) is 0. The van der Waals surface area contributed by atoms with Crippen LogP contribution < -0.4 is 9.64 Å². The highest BCUT2D eigenvalue weighted by Gasteiger charge is 2.41. The van der Waals surface area contributed by atoms with Crippen LogP contribution in [0.1, 0.15) is 31.9 Å². The highest BCUT2D eigenvalue weighted by Crippen LogP contribution is 2.41. The minimum absolute atomic E-state index is 0.163. The number of amides is 2. The fraction of sp³-hybridized carbons (Fsp3) is 0.273. The number of thioether (sulfide) groups is 1. The number of benzene rings is 2. The minimum atomic E-state index is -0.317. The average Bonchev–Trinajstić information content (AvgIpc) is 2.86. The van der Waals surface area contributed by atoms with E-state index in [-0.39, 0.29) is 17.1 Å². The van der Waals surface area contributed by atoms with Crippen molar-refractivity contribution in [1.29, 1.82) is 0 Å². The summed E-state index contributed by atoms with van der Waals surface area (Å²) in [4.78, 5) is 28.3. The lowest BCUT2D eigenvalue weighted by Gasteiger charge is -2.18. The van der Waals surface area contributed by atoms with Crippen molar-refractivity contribution in [2.75, 3.05) is 11.5 Å². The second kappa shape index (κ2) is 8.41. The molecule has 2 amide bonds. The summed E-state index contributed by atoms with van der Waals surface area (Å²) < 4.78 is 5.48. The number of ether oxygens (including phenoxy) is 1. The number of hydrogen-bond acceptors (Lipinski definition) is 4. The standard InChI is InChI=1S/C22H22ClNO3S/c1-5-27-17-9-6-15(7-10-17)19-20(28-13(2)3)22(26)24(21(19)25)18-11-8-16(23)12-14(18)4/h6-13H,5H2,1-4H3. The van der Waals surface area contributed by atoms with Crippen LogP contribution in [0, 0.1) is 6.92 Å². The Morgan fingerprint density at radius 3 is 2.32 bits per heavy atom. The van der Waals surface area contributed by atoms with Crippen LogP contribution in [-0.4, -0.2) is 23.7 Å². The second-order valence-electron chi connectivity index (χ2n) is 6.70. The molecule has 0 N–H and O–H groups in total. The van der Waals surface area contributed by atoms with Crippen LogP contribution in [-0.2, 0) is 9.59 Å². The Hall–Kier alpha value is -2.24. The maximum Gasteiger partial charge on any atom is 0.272 e. The largest absolute Gasteiger partial charge is 0.494 e. The molecule has 2 aromatic carbocycles. The average molecular weight is 416 g/mol. The fourth-order valence-corrected chi connectivity index (χ4v) is 4.30. The number of rotatable bonds is 6. The van der Waals surface area contributed by atoms with Crippen LogP contribution in [0.15, 0.2) is 47.4 Å². The van der Waals surface area contributed by atoms with E-state index in [1.54, 1.807) is 18.2 Å². The quantitative estimate of drug-likeness (QED) is 0.586. The molecular formula is C22H22ClNO3S. The van der Waals surface area contributed by atoms with Gasteiger partial charge >= 0.3 is 0 Å². The molecule has 0 atom stereocenters. The molecule has 6 heteroatoms. The highest BCUT2D eigenvalue weighted by molar-refractivity contribution is 8.04. The number of hydrogen-bond donors (Lipinski definition) is 0. The molecule has 0 aliphatic carbocycles. The van der Waals surface area contributed by atoms with Gasteiger partial charge in [-0.15, -0.1) is 11.8 Å². The first-order valence-electron chi connectivity index (χ1n) is 9.12. The van der Waals surface area contributed by atoms with Crippen molar-refractivity contribution in [2.45, 2.75) is 32.9 Å². The van der Waals surface area contributed by atoms with E-state index in [1.807, 2.05) is 52.0 Å². The van der Waals surface area contributed by atoms with Crippen molar-refractivity contribution in [3.8, 4) is 5.75 Å². The lowest BCUT2D eigenvalue weighted by Crippen LogP contribution is -2.32. The van der Waals surface area contributed by atoms with E-state index < -0.39 is 0 Å². The maximum absolute atomic E-state index is 13.3. The third-order valence-electron chi connectivity index (χ3n) is 4.25. The third-order valence-corrected chi connectivity index (χ3v) is 5.57. The molecule has 0 saturated carbocycles. The Labute approximate surface area is 174 Å². The van der Waals surface area contributed by atoms with Crippen LogP contribution >= 0.6 is 23.4 Å². The zero-order valence-corrected chi connectivity index (χ0v) is 17.9. The van der Waals surface area contributed by atoms with E-state index >= 15 is 0 Å². The molecule has 1 heterocycles. The molecule has 0 aromatic heterocycles. The fourth-order valence-electron chi connectivity index (χ4n) is 3.08. The molecule has 1 aliphatic heterocycles. The monoisotopic (exact) mass is 415 g/mol. The van der Waals surface area contributed by atoms with Crippen LogP contribution in [0.25, 0.3) is 5.57 Å². The van der Waals surface area contributed by atoms with Crippen molar-refractivity contribution in [1.82, 2.24) is 0 Å². The number of halogens is 1. The van der Waals surface area contributed by atoms with Crippen LogP contribution in [0.3, 0.4) is 0 Å². The van der Waals surface area contributed by atoms with Gasteiger partial charge in [-0.25, -0.2) is 4.90 Å². The Balaban J connectivity index is 2.07. The van der Waals surface area contributed by atoms with Gasteiger partial charge in [-0.2, -0.15) is 0 Å². The summed E-state index contributed by atoms with van der Waals surface area (Å²) in [5.41, 5.74) is 2.47. The van der Waals surface area contributed by atoms with Gasteiger partial charge in [0.1, 0.15) is 5.75 Å². The van der Waals surface area contributed by atoms with Crippen molar-refractivity contribution in [3.05, 3.63) is 63.5 Å². The van der Waals surface area contributed by atoms with Crippen molar-refractivity contribution in [3.63, 3.8) is 0 Å². The molecule has 2 aromatic rings. The normalized spacial score (nSPS) is 14.4. The number of imide groups is 1. The second-order valence-corrected chi connectivity index (χ2v) is 8.73. The van der Waals surface area contributed by atoms with E-state index in [0.717, 1.165) is 11.3 Å². The van der Waals surface area contributed by atoms with Gasteiger partial charge < -0.3 is 4.74 Å². The molecule has 0 radical (unpaired) electrons. The first-order valence-corrected chi connectivity index (χ1v) is 10.4. The predicted octanol–water partition coefficient (Wildman–Crippen LogP) is 5.47. The minimum Gasteiger partial charge on any atom is -0.494 e. The number of carbonyl (C=O) groups is 2. The Morgan fingerprint density at radius 1 is 1.07 bits per heavy atom. The number of carbonyl (C=O) groups excluding carboxylic acids is 2. The predicted molar refractivity (Wildman–Crippen MR) is 116 cm³/mol. The first-order chi connectivity index (χ1) is 13.3. The Morgan fingerprint density at radius 2 is 1.75 bits per heavy atom. The molecule has 0 bridgehead atoms.